The largest absolute Gasteiger partial charge is 0.490 e. The molecule has 3 N–H and O–H groups in total. The molecule has 2 heterocycles. The molecule has 0 saturated carbocycles. The third-order valence-corrected chi connectivity index (χ3v) is 5.55. The molecule has 1 fully saturated rings. The van der Waals surface area contributed by atoms with Crippen molar-refractivity contribution in [3.05, 3.63) is 53.1 Å². The Morgan fingerprint density at radius 2 is 1.83 bits per heavy atom. The van der Waals surface area contributed by atoms with Crippen LogP contribution in [0.4, 0.5) is 5.69 Å². The van der Waals surface area contributed by atoms with Gasteiger partial charge in [0.25, 0.3) is 0 Å². The number of ether oxygens (including phenoxy) is 3. The van der Waals surface area contributed by atoms with E-state index in [1.54, 1.807) is 0 Å². The lowest BCUT2D eigenvalue weighted by Gasteiger charge is -2.34. The van der Waals surface area contributed by atoms with Crippen LogP contribution < -0.4 is 20.5 Å². The molecule has 4 rings (SSSR count). The van der Waals surface area contributed by atoms with Crippen molar-refractivity contribution >= 4 is 23.2 Å². The number of nitrogens with zero attached hydrogens (tertiary/aromatic N) is 2. The first-order valence-corrected chi connectivity index (χ1v) is 10.6. The summed E-state index contributed by atoms with van der Waals surface area (Å²) in [7, 11) is 0. The van der Waals surface area contributed by atoms with Crippen LogP contribution >= 0.6 is 11.6 Å². The Kier molecular flexibility index (Phi) is 6.94. The number of morpholine rings is 1. The van der Waals surface area contributed by atoms with Crippen molar-refractivity contribution in [1.82, 2.24) is 4.90 Å². The third-order valence-electron chi connectivity index (χ3n) is 5.21. The summed E-state index contributed by atoms with van der Waals surface area (Å²) in [6, 6.07) is 13.6. The Balaban J connectivity index is 1.48. The summed E-state index contributed by atoms with van der Waals surface area (Å²) in [6.07, 6.45) is 0.867. The quantitative estimate of drug-likeness (QED) is 0.559. The van der Waals surface area contributed by atoms with Crippen LogP contribution in [-0.2, 0) is 4.74 Å². The first-order chi connectivity index (χ1) is 14.7. The second kappa shape index (κ2) is 10.0. The predicted octanol–water partition coefficient (Wildman–Crippen LogP) is 3.30. The van der Waals surface area contributed by atoms with Crippen LogP contribution in [0.5, 0.6) is 11.5 Å². The maximum Gasteiger partial charge on any atom is 0.193 e. The topological polar surface area (TPSA) is 81.3 Å². The summed E-state index contributed by atoms with van der Waals surface area (Å²) < 4.78 is 16.9. The monoisotopic (exact) mass is 430 g/mol. The minimum absolute atomic E-state index is 0.0340. The molecule has 0 bridgehead atoms. The van der Waals surface area contributed by atoms with E-state index in [0.29, 0.717) is 44.7 Å². The average Bonchev–Trinajstić information content (AvgIpc) is 3.01. The van der Waals surface area contributed by atoms with Gasteiger partial charge in [0.2, 0.25) is 0 Å². The molecule has 0 amide bonds. The van der Waals surface area contributed by atoms with Crippen molar-refractivity contribution in [2.75, 3.05) is 51.4 Å². The second-order valence-electron chi connectivity index (χ2n) is 7.25. The lowest BCUT2D eigenvalue weighted by molar-refractivity contribution is 0.0180. The highest BCUT2D eigenvalue weighted by Gasteiger charge is 2.24. The zero-order valence-electron chi connectivity index (χ0n) is 16.9. The van der Waals surface area contributed by atoms with E-state index < -0.39 is 0 Å². The van der Waals surface area contributed by atoms with E-state index in [-0.39, 0.29) is 6.04 Å². The second-order valence-corrected chi connectivity index (χ2v) is 7.66. The molecule has 1 atom stereocenters. The standard InChI is InChI=1S/C22H27ClN4O3/c23-18-5-2-1-4-17(18)19(27-8-12-28-13-9-27)15-25-22(24)26-16-6-7-20-21(14-16)30-11-3-10-29-20/h1-2,4-7,14,19H,3,8-13,15H2,(H3,24,25,26). The van der Waals surface area contributed by atoms with Crippen LogP contribution in [0.1, 0.15) is 18.0 Å². The fourth-order valence-electron chi connectivity index (χ4n) is 3.66. The lowest BCUT2D eigenvalue weighted by atomic mass is 10.0. The van der Waals surface area contributed by atoms with Gasteiger partial charge in [-0.1, -0.05) is 29.8 Å². The highest BCUT2D eigenvalue weighted by atomic mass is 35.5. The Hall–Kier alpha value is -2.48. The molecule has 160 valence electrons. The van der Waals surface area contributed by atoms with E-state index in [9.17, 15) is 0 Å². The van der Waals surface area contributed by atoms with Gasteiger partial charge >= 0.3 is 0 Å². The smallest absolute Gasteiger partial charge is 0.193 e. The molecule has 0 aromatic heterocycles. The summed E-state index contributed by atoms with van der Waals surface area (Å²) >= 11 is 6.49. The van der Waals surface area contributed by atoms with Crippen LogP contribution in [0.2, 0.25) is 5.02 Å². The summed E-state index contributed by atoms with van der Waals surface area (Å²) in [6.45, 7) is 4.87. The Labute approximate surface area is 181 Å². The predicted molar refractivity (Wildman–Crippen MR) is 119 cm³/mol. The van der Waals surface area contributed by atoms with Crippen LogP contribution in [0.15, 0.2) is 47.5 Å². The first kappa shape index (κ1) is 20.8. The highest BCUT2D eigenvalue weighted by molar-refractivity contribution is 6.31. The van der Waals surface area contributed by atoms with E-state index in [2.05, 4.69) is 15.2 Å². The van der Waals surface area contributed by atoms with Gasteiger partial charge in [0.05, 0.1) is 39.0 Å². The average molecular weight is 431 g/mol. The summed E-state index contributed by atoms with van der Waals surface area (Å²) in [4.78, 5) is 6.96. The number of nitrogens with two attached hydrogens (primary N) is 1. The van der Waals surface area contributed by atoms with Crippen molar-refractivity contribution in [2.45, 2.75) is 12.5 Å². The SMILES string of the molecule is NC(=NCC(c1ccccc1Cl)N1CCOCC1)Nc1ccc2c(c1)OCCCO2. The summed E-state index contributed by atoms with van der Waals surface area (Å²) in [5.41, 5.74) is 8.05. The van der Waals surface area contributed by atoms with Crippen molar-refractivity contribution < 1.29 is 14.2 Å². The summed E-state index contributed by atoms with van der Waals surface area (Å²) in [5.74, 6) is 1.81. The van der Waals surface area contributed by atoms with Gasteiger partial charge in [-0.05, 0) is 23.8 Å². The van der Waals surface area contributed by atoms with Crippen molar-refractivity contribution in [1.29, 1.82) is 0 Å². The van der Waals surface area contributed by atoms with E-state index in [0.717, 1.165) is 41.5 Å². The molecule has 2 aliphatic rings. The molecule has 1 unspecified atom stereocenters. The molecule has 8 heteroatoms. The zero-order valence-corrected chi connectivity index (χ0v) is 17.6. The highest BCUT2D eigenvalue weighted by Crippen LogP contribution is 2.32. The Morgan fingerprint density at radius 1 is 1.07 bits per heavy atom. The molecule has 0 radical (unpaired) electrons. The van der Waals surface area contributed by atoms with E-state index >= 15 is 0 Å². The van der Waals surface area contributed by atoms with Crippen LogP contribution in [0, 0.1) is 0 Å². The number of benzene rings is 2. The van der Waals surface area contributed by atoms with Gasteiger partial charge in [0, 0.05) is 36.3 Å². The van der Waals surface area contributed by atoms with E-state index in [1.807, 2.05) is 42.5 Å². The van der Waals surface area contributed by atoms with Crippen molar-refractivity contribution in [3.63, 3.8) is 0 Å². The number of halogens is 1. The van der Waals surface area contributed by atoms with Gasteiger partial charge in [0.1, 0.15) is 0 Å². The van der Waals surface area contributed by atoms with Crippen LogP contribution in [-0.4, -0.2) is 56.9 Å². The number of nitrogens with one attached hydrogen (secondary N) is 1. The van der Waals surface area contributed by atoms with Gasteiger partial charge in [-0.2, -0.15) is 0 Å². The fourth-order valence-corrected chi connectivity index (χ4v) is 3.92. The molecule has 2 aliphatic heterocycles. The minimum Gasteiger partial charge on any atom is -0.490 e. The molecule has 2 aromatic carbocycles. The van der Waals surface area contributed by atoms with Crippen molar-refractivity contribution in [2.24, 2.45) is 10.7 Å². The minimum atomic E-state index is 0.0340. The number of hydrogen-bond acceptors (Lipinski definition) is 5. The van der Waals surface area contributed by atoms with E-state index in [1.165, 1.54) is 0 Å². The number of hydrogen-bond donors (Lipinski definition) is 2. The van der Waals surface area contributed by atoms with Crippen LogP contribution in [0.25, 0.3) is 0 Å². The van der Waals surface area contributed by atoms with Gasteiger partial charge in [-0.25, -0.2) is 0 Å². The molecular weight excluding hydrogens is 404 g/mol. The zero-order chi connectivity index (χ0) is 20.8. The number of aliphatic imine (C=N–C) groups is 1. The number of fused-ring (bicyclic) bond motifs is 1. The Morgan fingerprint density at radius 3 is 2.63 bits per heavy atom. The molecule has 1 saturated heterocycles. The van der Waals surface area contributed by atoms with Gasteiger partial charge in [-0.3, -0.25) is 9.89 Å². The van der Waals surface area contributed by atoms with Gasteiger partial charge in [-0.15, -0.1) is 0 Å². The van der Waals surface area contributed by atoms with E-state index in [4.69, 9.17) is 31.5 Å². The third kappa shape index (κ3) is 5.16. The summed E-state index contributed by atoms with van der Waals surface area (Å²) in [5, 5.41) is 3.89. The molecule has 30 heavy (non-hydrogen) atoms. The molecule has 2 aromatic rings. The maximum absolute atomic E-state index is 6.49. The van der Waals surface area contributed by atoms with Crippen molar-refractivity contribution in [3.8, 4) is 11.5 Å². The fraction of sp³-hybridized carbons (Fsp3) is 0.409. The molecule has 7 nitrogen and oxygen atoms in total. The maximum atomic E-state index is 6.49. The number of rotatable bonds is 5. The normalized spacial score (nSPS) is 18.5. The Bertz CT molecular complexity index is 886. The van der Waals surface area contributed by atoms with Gasteiger partial charge in [0.15, 0.2) is 17.5 Å². The molecule has 0 aliphatic carbocycles. The number of anilines is 1. The lowest BCUT2D eigenvalue weighted by Crippen LogP contribution is -2.40. The molecule has 0 spiro atoms. The number of guanidine groups is 1. The molecular formula is C22H27ClN4O3. The van der Waals surface area contributed by atoms with Gasteiger partial charge < -0.3 is 25.3 Å². The van der Waals surface area contributed by atoms with Crippen LogP contribution in [0.3, 0.4) is 0 Å². The first-order valence-electron chi connectivity index (χ1n) is 10.2.